The van der Waals surface area contributed by atoms with Crippen molar-refractivity contribution < 1.29 is 19.0 Å². The molecule has 0 aromatic heterocycles. The van der Waals surface area contributed by atoms with Gasteiger partial charge in [-0.3, -0.25) is 4.79 Å². The molecule has 2 N–H and O–H groups in total. The van der Waals surface area contributed by atoms with Gasteiger partial charge in [0.1, 0.15) is 0 Å². The summed E-state index contributed by atoms with van der Waals surface area (Å²) >= 11 is 6.15. The van der Waals surface area contributed by atoms with Crippen LogP contribution in [0.1, 0.15) is 0 Å². The number of amides is 1. The number of methoxy groups -OCH3 is 2. The Kier molecular flexibility index (Phi) is 6.84. The molecule has 150 valence electrons. The van der Waals surface area contributed by atoms with E-state index in [-0.39, 0.29) is 12.5 Å². The quantitative estimate of drug-likeness (QED) is 0.736. The third kappa shape index (κ3) is 4.99. The molecule has 1 saturated heterocycles. The topological polar surface area (TPSA) is 72.1 Å². The number of hydrogen-bond acceptors (Lipinski definition) is 6. The lowest BCUT2D eigenvalue weighted by molar-refractivity contribution is -0.114. The van der Waals surface area contributed by atoms with Gasteiger partial charge in [0.25, 0.3) is 0 Å². The zero-order chi connectivity index (χ0) is 19.9. The smallest absolute Gasteiger partial charge is 0.243 e. The Bertz CT molecular complexity index is 825. The number of halogens is 1. The number of carbonyl (C=O) groups excluding carboxylic acids is 1. The van der Waals surface area contributed by atoms with Gasteiger partial charge in [0.15, 0.2) is 11.5 Å². The fourth-order valence-electron chi connectivity index (χ4n) is 3.02. The van der Waals surface area contributed by atoms with Gasteiger partial charge in [0.2, 0.25) is 5.91 Å². The summed E-state index contributed by atoms with van der Waals surface area (Å²) in [6.45, 7) is 3.07. The maximum atomic E-state index is 12.4. The molecule has 0 unspecified atom stereocenters. The van der Waals surface area contributed by atoms with E-state index in [9.17, 15) is 4.79 Å². The second-order valence-electron chi connectivity index (χ2n) is 6.23. The number of rotatable bonds is 7. The fourth-order valence-corrected chi connectivity index (χ4v) is 3.20. The molecule has 8 heteroatoms. The average molecular weight is 406 g/mol. The van der Waals surface area contributed by atoms with E-state index >= 15 is 0 Å². The van der Waals surface area contributed by atoms with E-state index in [1.54, 1.807) is 32.4 Å². The Morgan fingerprint density at radius 1 is 1.11 bits per heavy atom. The predicted octanol–water partition coefficient (Wildman–Crippen LogP) is 3.24. The Morgan fingerprint density at radius 2 is 1.86 bits per heavy atom. The van der Waals surface area contributed by atoms with Crippen molar-refractivity contribution in [3.05, 3.63) is 41.4 Å². The summed E-state index contributed by atoms with van der Waals surface area (Å²) in [6.07, 6.45) is 0. The molecular weight excluding hydrogens is 382 g/mol. The van der Waals surface area contributed by atoms with Crippen LogP contribution in [0, 0.1) is 0 Å². The summed E-state index contributed by atoms with van der Waals surface area (Å²) in [5.74, 6) is 0.977. The van der Waals surface area contributed by atoms with Crippen molar-refractivity contribution in [3.63, 3.8) is 0 Å². The number of hydrogen-bond donors (Lipinski definition) is 2. The minimum Gasteiger partial charge on any atom is -0.493 e. The molecule has 1 aliphatic rings. The van der Waals surface area contributed by atoms with Crippen molar-refractivity contribution >= 4 is 34.6 Å². The molecule has 0 saturated carbocycles. The van der Waals surface area contributed by atoms with Crippen molar-refractivity contribution in [1.82, 2.24) is 0 Å². The second kappa shape index (κ2) is 9.52. The lowest BCUT2D eigenvalue weighted by atomic mass is 10.2. The van der Waals surface area contributed by atoms with Crippen molar-refractivity contribution in [2.75, 3.05) is 62.6 Å². The monoisotopic (exact) mass is 405 g/mol. The number of nitrogens with one attached hydrogen (secondary N) is 2. The minimum atomic E-state index is -0.180. The van der Waals surface area contributed by atoms with E-state index in [0.29, 0.717) is 35.4 Å². The van der Waals surface area contributed by atoms with Gasteiger partial charge in [-0.2, -0.15) is 0 Å². The van der Waals surface area contributed by atoms with E-state index in [1.807, 2.05) is 18.2 Å². The van der Waals surface area contributed by atoms with Crippen LogP contribution >= 0.6 is 11.6 Å². The Labute approximate surface area is 169 Å². The van der Waals surface area contributed by atoms with Crippen molar-refractivity contribution in [2.45, 2.75) is 0 Å². The van der Waals surface area contributed by atoms with Crippen LogP contribution in [0.4, 0.5) is 17.1 Å². The number of benzene rings is 2. The summed E-state index contributed by atoms with van der Waals surface area (Å²) < 4.78 is 15.9. The highest BCUT2D eigenvalue weighted by molar-refractivity contribution is 6.31. The molecule has 2 aromatic rings. The van der Waals surface area contributed by atoms with Crippen molar-refractivity contribution in [1.29, 1.82) is 0 Å². The van der Waals surface area contributed by atoms with Crippen LogP contribution in [0.5, 0.6) is 11.5 Å². The molecule has 1 amide bonds. The molecule has 0 spiro atoms. The summed E-state index contributed by atoms with van der Waals surface area (Å²) in [7, 11) is 3.12. The van der Waals surface area contributed by atoms with E-state index in [2.05, 4.69) is 15.5 Å². The Balaban J connectivity index is 1.65. The molecule has 0 atom stereocenters. The van der Waals surface area contributed by atoms with Crippen LogP contribution in [-0.2, 0) is 9.53 Å². The molecule has 2 aromatic carbocycles. The lowest BCUT2D eigenvalue weighted by Gasteiger charge is -2.30. The zero-order valence-corrected chi connectivity index (χ0v) is 16.7. The van der Waals surface area contributed by atoms with E-state index in [1.165, 1.54) is 0 Å². The first kappa shape index (κ1) is 20.1. The first-order chi connectivity index (χ1) is 13.6. The third-order valence-corrected chi connectivity index (χ3v) is 4.65. The molecular formula is C20H24ClN3O4. The predicted molar refractivity (Wildman–Crippen MR) is 111 cm³/mol. The van der Waals surface area contributed by atoms with Crippen LogP contribution in [0.25, 0.3) is 0 Å². The Morgan fingerprint density at radius 3 is 2.57 bits per heavy atom. The summed E-state index contributed by atoms with van der Waals surface area (Å²) in [4.78, 5) is 14.6. The fraction of sp³-hybridized carbons (Fsp3) is 0.350. The van der Waals surface area contributed by atoms with Crippen LogP contribution in [-0.4, -0.2) is 53.0 Å². The molecule has 1 aliphatic heterocycles. The molecule has 7 nitrogen and oxygen atoms in total. The van der Waals surface area contributed by atoms with Gasteiger partial charge in [-0.1, -0.05) is 11.6 Å². The average Bonchev–Trinajstić information content (AvgIpc) is 2.73. The minimum absolute atomic E-state index is 0.103. The summed E-state index contributed by atoms with van der Waals surface area (Å²) in [6, 6.07) is 10.9. The second-order valence-corrected chi connectivity index (χ2v) is 6.67. The number of morpholine rings is 1. The number of ether oxygens (including phenoxy) is 3. The molecule has 28 heavy (non-hydrogen) atoms. The molecule has 1 heterocycles. The van der Waals surface area contributed by atoms with Gasteiger partial charge < -0.3 is 29.7 Å². The van der Waals surface area contributed by atoms with Gasteiger partial charge in [-0.25, -0.2) is 0 Å². The van der Waals surface area contributed by atoms with Gasteiger partial charge in [0, 0.05) is 29.9 Å². The maximum Gasteiger partial charge on any atom is 0.243 e. The molecule has 1 fully saturated rings. The van der Waals surface area contributed by atoms with Gasteiger partial charge in [-0.15, -0.1) is 0 Å². The Hall–Kier alpha value is -2.64. The first-order valence-electron chi connectivity index (χ1n) is 8.98. The first-order valence-corrected chi connectivity index (χ1v) is 9.36. The summed E-state index contributed by atoms with van der Waals surface area (Å²) in [5.41, 5.74) is 2.45. The number of nitrogens with zero attached hydrogens (tertiary/aromatic N) is 1. The van der Waals surface area contributed by atoms with Crippen LogP contribution < -0.4 is 25.0 Å². The summed E-state index contributed by atoms with van der Waals surface area (Å²) in [5, 5.41) is 6.65. The van der Waals surface area contributed by atoms with E-state index in [0.717, 1.165) is 24.5 Å². The van der Waals surface area contributed by atoms with Gasteiger partial charge in [0.05, 0.1) is 45.4 Å². The molecule has 0 radical (unpaired) electrons. The van der Waals surface area contributed by atoms with Crippen LogP contribution in [0.2, 0.25) is 5.02 Å². The molecule has 0 aliphatic carbocycles. The number of carbonyl (C=O) groups is 1. The molecule has 0 bridgehead atoms. The SMILES string of the molecule is COc1ccc(NC(=O)CNc2cc(Cl)ccc2N2CCOCC2)cc1OC. The zero-order valence-electron chi connectivity index (χ0n) is 16.0. The normalized spacial score (nSPS) is 13.8. The van der Waals surface area contributed by atoms with Gasteiger partial charge >= 0.3 is 0 Å². The van der Waals surface area contributed by atoms with E-state index in [4.69, 9.17) is 25.8 Å². The highest BCUT2D eigenvalue weighted by Crippen LogP contribution is 2.31. The highest BCUT2D eigenvalue weighted by Gasteiger charge is 2.16. The van der Waals surface area contributed by atoms with Crippen LogP contribution in [0.15, 0.2) is 36.4 Å². The highest BCUT2D eigenvalue weighted by atomic mass is 35.5. The lowest BCUT2D eigenvalue weighted by Crippen LogP contribution is -2.36. The maximum absolute atomic E-state index is 12.4. The largest absolute Gasteiger partial charge is 0.493 e. The number of anilines is 3. The van der Waals surface area contributed by atoms with Gasteiger partial charge in [-0.05, 0) is 30.3 Å². The molecule has 3 rings (SSSR count). The van der Waals surface area contributed by atoms with Crippen molar-refractivity contribution in [3.8, 4) is 11.5 Å². The van der Waals surface area contributed by atoms with E-state index < -0.39 is 0 Å². The van der Waals surface area contributed by atoms with Crippen LogP contribution in [0.3, 0.4) is 0 Å². The third-order valence-electron chi connectivity index (χ3n) is 4.42. The standard InChI is InChI=1S/C20H24ClN3O4/c1-26-18-6-4-15(12-19(18)27-2)23-20(25)13-22-16-11-14(21)3-5-17(16)24-7-9-28-10-8-24/h3-6,11-12,22H,7-10,13H2,1-2H3,(H,23,25). The van der Waals surface area contributed by atoms with Crippen molar-refractivity contribution in [2.24, 2.45) is 0 Å².